The van der Waals surface area contributed by atoms with E-state index >= 15 is 0 Å². The number of carboxylic acid groups (broad SMARTS) is 2. The van der Waals surface area contributed by atoms with Crippen LogP contribution < -0.4 is 5.32 Å². The second kappa shape index (κ2) is 7.29. The lowest BCUT2D eigenvalue weighted by Gasteiger charge is -2.28. The highest BCUT2D eigenvalue weighted by molar-refractivity contribution is 5.78. The normalized spacial score (nSPS) is 21.0. The van der Waals surface area contributed by atoms with Crippen LogP contribution in [-0.2, 0) is 9.59 Å². The second-order valence-corrected chi connectivity index (χ2v) is 4.73. The van der Waals surface area contributed by atoms with Gasteiger partial charge in [0, 0.05) is 32.7 Å². The predicted molar refractivity (Wildman–Crippen MR) is 66.3 cm³/mol. The first-order valence-electron chi connectivity index (χ1n) is 6.41. The zero-order valence-corrected chi connectivity index (χ0v) is 11.5. The van der Waals surface area contributed by atoms with E-state index in [1.54, 1.807) is 4.90 Å². The van der Waals surface area contributed by atoms with E-state index in [1.807, 2.05) is 4.90 Å². The number of carbonyl (C=O) groups excluding carboxylic acids is 1. The lowest BCUT2D eigenvalue weighted by Crippen LogP contribution is -2.49. The van der Waals surface area contributed by atoms with Gasteiger partial charge in [0.1, 0.15) is 0 Å². The molecule has 0 saturated carbocycles. The Labute approximate surface area is 123 Å². The highest BCUT2D eigenvalue weighted by Gasteiger charge is 2.38. The van der Waals surface area contributed by atoms with Crippen LogP contribution in [-0.4, -0.2) is 82.9 Å². The maximum atomic E-state index is 11.8. The second-order valence-electron chi connectivity index (χ2n) is 4.73. The highest BCUT2D eigenvalue weighted by atomic mass is 19.4. The molecule has 0 bridgehead atoms. The number of rotatable bonds is 3. The number of nitrogens with one attached hydrogen (secondary N) is 1. The summed E-state index contributed by atoms with van der Waals surface area (Å²) >= 11 is 0. The lowest BCUT2D eigenvalue weighted by molar-refractivity contribution is -0.192. The van der Waals surface area contributed by atoms with Crippen molar-refractivity contribution in [2.75, 3.05) is 32.7 Å². The number of halogens is 3. The van der Waals surface area contributed by atoms with Gasteiger partial charge in [-0.1, -0.05) is 0 Å². The smallest absolute Gasteiger partial charge is 0.481 e. The summed E-state index contributed by atoms with van der Waals surface area (Å²) in [7, 11) is 0. The Kier molecular flexibility index (Phi) is 5.97. The largest absolute Gasteiger partial charge is 0.490 e. The minimum absolute atomic E-state index is 0.0113. The molecule has 0 unspecified atom stereocenters. The van der Waals surface area contributed by atoms with E-state index in [4.69, 9.17) is 15.0 Å². The Morgan fingerprint density at radius 2 is 1.91 bits per heavy atom. The van der Waals surface area contributed by atoms with Gasteiger partial charge in [0.25, 0.3) is 0 Å². The van der Waals surface area contributed by atoms with E-state index in [2.05, 4.69) is 5.32 Å². The first-order chi connectivity index (χ1) is 10.1. The van der Waals surface area contributed by atoms with Crippen LogP contribution in [0.3, 0.4) is 0 Å². The summed E-state index contributed by atoms with van der Waals surface area (Å²) in [6.45, 7) is 3.34. The first-order valence-corrected chi connectivity index (χ1v) is 6.41. The quantitative estimate of drug-likeness (QED) is 0.662. The molecule has 2 aliphatic rings. The Bertz CT molecular complexity index is 443. The number of piperazine rings is 1. The fourth-order valence-electron chi connectivity index (χ4n) is 2.11. The van der Waals surface area contributed by atoms with E-state index in [0.717, 1.165) is 19.6 Å². The summed E-state index contributed by atoms with van der Waals surface area (Å²) in [6.07, 6.45) is -5.06. The van der Waals surface area contributed by atoms with Gasteiger partial charge < -0.3 is 25.3 Å². The monoisotopic (exact) mass is 327 g/mol. The average molecular weight is 327 g/mol. The first kappa shape index (κ1) is 18.0. The molecule has 3 N–H and O–H groups in total. The number of hydrogen-bond donors (Lipinski definition) is 3. The fourth-order valence-corrected chi connectivity index (χ4v) is 2.11. The predicted octanol–water partition coefficient (Wildman–Crippen LogP) is -0.196. The number of urea groups is 1. The molecule has 22 heavy (non-hydrogen) atoms. The van der Waals surface area contributed by atoms with Crippen molar-refractivity contribution in [1.29, 1.82) is 0 Å². The number of fused-ring (bicyclic) bond motifs is 1. The molecule has 0 aromatic rings. The highest BCUT2D eigenvalue weighted by Crippen LogP contribution is 2.17. The molecule has 0 aromatic heterocycles. The summed E-state index contributed by atoms with van der Waals surface area (Å²) in [5, 5.41) is 18.9. The van der Waals surface area contributed by atoms with Crippen LogP contribution in [0.2, 0.25) is 0 Å². The van der Waals surface area contributed by atoms with Crippen LogP contribution in [0.4, 0.5) is 18.0 Å². The third-order valence-corrected chi connectivity index (χ3v) is 3.14. The van der Waals surface area contributed by atoms with Crippen LogP contribution in [0.25, 0.3) is 0 Å². The summed E-state index contributed by atoms with van der Waals surface area (Å²) in [6, 6.07) is 0.211. The van der Waals surface area contributed by atoms with Gasteiger partial charge in [-0.3, -0.25) is 4.79 Å². The number of nitrogens with zero attached hydrogens (tertiary/aromatic N) is 2. The van der Waals surface area contributed by atoms with E-state index in [0.29, 0.717) is 13.1 Å². The van der Waals surface area contributed by atoms with Crippen LogP contribution in [0, 0.1) is 0 Å². The number of carboxylic acids is 2. The van der Waals surface area contributed by atoms with Gasteiger partial charge in [0.05, 0.1) is 12.5 Å². The molecule has 0 spiro atoms. The molecule has 2 amide bonds. The third-order valence-electron chi connectivity index (χ3n) is 3.14. The van der Waals surface area contributed by atoms with Crippen molar-refractivity contribution < 1.29 is 37.8 Å². The number of aliphatic carboxylic acids is 2. The Balaban J connectivity index is 0.000000295. The summed E-state index contributed by atoms with van der Waals surface area (Å²) in [4.78, 5) is 34.6. The summed E-state index contributed by atoms with van der Waals surface area (Å²) in [5.41, 5.74) is 0. The van der Waals surface area contributed by atoms with Crippen LogP contribution in [0.15, 0.2) is 0 Å². The standard InChI is InChI=1S/C9H15N3O3.C2HF3O2/c13-8(14)1-3-11-6-7-5-10-2-4-12(7)9(11)15;3-2(4,5)1(6)7/h7,10H,1-6H2,(H,13,14);(H,6,7)/t7-;/m0./s1. The Hall–Kier alpha value is -2.04. The molecule has 0 radical (unpaired) electrons. The molecule has 8 nitrogen and oxygen atoms in total. The van der Waals surface area contributed by atoms with Crippen molar-refractivity contribution in [2.24, 2.45) is 0 Å². The lowest BCUT2D eigenvalue weighted by atomic mass is 10.2. The zero-order valence-electron chi connectivity index (χ0n) is 11.5. The van der Waals surface area contributed by atoms with E-state index < -0.39 is 18.1 Å². The molecule has 126 valence electrons. The third kappa shape index (κ3) is 5.06. The molecule has 1 atom stereocenters. The van der Waals surface area contributed by atoms with Crippen molar-refractivity contribution in [3.8, 4) is 0 Å². The van der Waals surface area contributed by atoms with Crippen molar-refractivity contribution in [3.63, 3.8) is 0 Å². The van der Waals surface area contributed by atoms with Gasteiger partial charge >= 0.3 is 24.1 Å². The zero-order chi connectivity index (χ0) is 16.9. The Morgan fingerprint density at radius 1 is 1.32 bits per heavy atom. The maximum absolute atomic E-state index is 11.8. The van der Waals surface area contributed by atoms with Crippen LogP contribution in [0.5, 0.6) is 0 Å². The minimum Gasteiger partial charge on any atom is -0.481 e. The molecule has 11 heteroatoms. The topological polar surface area (TPSA) is 110 Å². The van der Waals surface area contributed by atoms with Crippen LogP contribution >= 0.6 is 0 Å². The minimum atomic E-state index is -5.08. The van der Waals surface area contributed by atoms with Gasteiger partial charge in [-0.25, -0.2) is 9.59 Å². The van der Waals surface area contributed by atoms with E-state index in [1.165, 1.54) is 0 Å². The summed E-state index contributed by atoms with van der Waals surface area (Å²) < 4.78 is 31.7. The molecule has 2 aliphatic heterocycles. The molecular weight excluding hydrogens is 311 g/mol. The SMILES string of the molecule is O=C(O)C(F)(F)F.O=C(O)CCN1C[C@@H]2CNCCN2C1=O. The molecule has 2 heterocycles. The van der Waals surface area contributed by atoms with E-state index in [-0.39, 0.29) is 18.5 Å². The fraction of sp³-hybridized carbons (Fsp3) is 0.727. The molecule has 0 aromatic carbocycles. The number of hydrogen-bond acceptors (Lipinski definition) is 4. The van der Waals surface area contributed by atoms with Crippen molar-refractivity contribution in [3.05, 3.63) is 0 Å². The Morgan fingerprint density at radius 3 is 2.36 bits per heavy atom. The molecule has 2 fully saturated rings. The molecule has 2 saturated heterocycles. The maximum Gasteiger partial charge on any atom is 0.490 e. The van der Waals surface area contributed by atoms with Gasteiger partial charge in [-0.05, 0) is 0 Å². The van der Waals surface area contributed by atoms with Gasteiger partial charge in [0.2, 0.25) is 0 Å². The molecule has 0 aliphatic carbocycles. The number of carbonyl (C=O) groups is 3. The van der Waals surface area contributed by atoms with Crippen molar-refractivity contribution in [2.45, 2.75) is 18.6 Å². The number of alkyl halides is 3. The van der Waals surface area contributed by atoms with Gasteiger partial charge in [-0.15, -0.1) is 0 Å². The number of amides is 2. The van der Waals surface area contributed by atoms with Crippen molar-refractivity contribution >= 4 is 18.0 Å². The van der Waals surface area contributed by atoms with E-state index in [9.17, 15) is 22.8 Å². The molecule has 2 rings (SSSR count). The van der Waals surface area contributed by atoms with Gasteiger partial charge in [0.15, 0.2) is 0 Å². The molecular formula is C11H16F3N3O5. The van der Waals surface area contributed by atoms with Gasteiger partial charge in [-0.2, -0.15) is 13.2 Å². The van der Waals surface area contributed by atoms with Crippen LogP contribution in [0.1, 0.15) is 6.42 Å². The average Bonchev–Trinajstić information content (AvgIpc) is 2.73. The van der Waals surface area contributed by atoms with Crippen molar-refractivity contribution in [1.82, 2.24) is 15.1 Å². The summed E-state index contributed by atoms with van der Waals surface area (Å²) in [5.74, 6) is -3.61.